The number of H-pyrrole nitrogens is 1. The van der Waals surface area contributed by atoms with Crippen LogP contribution in [0, 0.1) is 0 Å². The van der Waals surface area contributed by atoms with Gasteiger partial charge in [0.25, 0.3) is 0 Å². The highest BCUT2D eigenvalue weighted by molar-refractivity contribution is 9.09. The number of rotatable bonds is 2. The van der Waals surface area contributed by atoms with Crippen LogP contribution in [0.4, 0.5) is 0 Å². The molecule has 2 rings (SSSR count). The lowest BCUT2D eigenvalue weighted by Gasteiger charge is -2.03. The summed E-state index contributed by atoms with van der Waals surface area (Å²) in [7, 11) is 0. The van der Waals surface area contributed by atoms with Crippen LogP contribution >= 0.6 is 15.9 Å². The van der Waals surface area contributed by atoms with Gasteiger partial charge in [-0.1, -0.05) is 34.1 Å². The molecule has 0 fully saturated rings. The first kappa shape index (κ1) is 9.46. The van der Waals surface area contributed by atoms with E-state index in [-0.39, 0.29) is 5.56 Å². The fourth-order valence-electron chi connectivity index (χ4n) is 1.59. The van der Waals surface area contributed by atoms with Crippen LogP contribution in [-0.4, -0.2) is 10.3 Å². The maximum Gasteiger partial charge on any atom is 0.248 e. The van der Waals surface area contributed by atoms with Gasteiger partial charge in [-0.15, -0.1) is 0 Å². The molecule has 1 aromatic carbocycles. The first-order chi connectivity index (χ1) is 6.81. The van der Waals surface area contributed by atoms with Gasteiger partial charge in [0.2, 0.25) is 5.56 Å². The fourth-order valence-corrected chi connectivity index (χ4v) is 2.01. The minimum Gasteiger partial charge on any atom is -0.322 e. The van der Waals surface area contributed by atoms with Crippen LogP contribution in [0.25, 0.3) is 10.9 Å². The molecular weight excluding hydrogens is 242 g/mol. The van der Waals surface area contributed by atoms with Gasteiger partial charge in [-0.3, -0.25) is 4.79 Å². The molecule has 72 valence electrons. The summed E-state index contributed by atoms with van der Waals surface area (Å²) in [5.41, 5.74) is 1.98. The topological polar surface area (TPSA) is 32.9 Å². The van der Waals surface area contributed by atoms with Crippen LogP contribution in [0.1, 0.15) is 5.56 Å². The number of alkyl halides is 1. The SMILES string of the molecule is O=c1cc(CCBr)c2ccccc2[nH]1. The second-order valence-electron chi connectivity index (χ2n) is 3.14. The Hall–Kier alpha value is -1.09. The Bertz CT molecular complexity index is 504. The molecule has 1 aromatic heterocycles. The maximum atomic E-state index is 11.3. The molecule has 2 aromatic rings. The summed E-state index contributed by atoms with van der Waals surface area (Å²) in [5, 5.41) is 2.01. The van der Waals surface area contributed by atoms with E-state index in [2.05, 4.69) is 20.9 Å². The van der Waals surface area contributed by atoms with E-state index in [1.807, 2.05) is 24.3 Å². The third-order valence-electron chi connectivity index (χ3n) is 2.20. The van der Waals surface area contributed by atoms with Crippen molar-refractivity contribution >= 4 is 26.8 Å². The average molecular weight is 252 g/mol. The highest BCUT2D eigenvalue weighted by Crippen LogP contribution is 2.15. The molecule has 0 saturated carbocycles. The predicted octanol–water partition coefficient (Wildman–Crippen LogP) is 2.47. The van der Waals surface area contributed by atoms with E-state index >= 15 is 0 Å². The van der Waals surface area contributed by atoms with Crippen molar-refractivity contribution in [3.8, 4) is 0 Å². The van der Waals surface area contributed by atoms with E-state index in [1.165, 1.54) is 0 Å². The van der Waals surface area contributed by atoms with Gasteiger partial charge < -0.3 is 4.98 Å². The number of para-hydroxylation sites is 1. The average Bonchev–Trinajstić information content (AvgIpc) is 2.18. The molecule has 0 aliphatic heterocycles. The Morgan fingerprint density at radius 3 is 2.86 bits per heavy atom. The normalized spacial score (nSPS) is 10.6. The van der Waals surface area contributed by atoms with Crippen LogP contribution in [0.3, 0.4) is 0 Å². The second-order valence-corrected chi connectivity index (χ2v) is 3.94. The van der Waals surface area contributed by atoms with Crippen molar-refractivity contribution < 1.29 is 0 Å². The summed E-state index contributed by atoms with van der Waals surface area (Å²) in [4.78, 5) is 14.1. The third kappa shape index (κ3) is 1.73. The molecule has 1 N–H and O–H groups in total. The van der Waals surface area contributed by atoms with Gasteiger partial charge in [0.1, 0.15) is 0 Å². The van der Waals surface area contributed by atoms with Gasteiger partial charge >= 0.3 is 0 Å². The Morgan fingerprint density at radius 1 is 1.29 bits per heavy atom. The molecule has 0 aliphatic rings. The zero-order chi connectivity index (χ0) is 9.97. The van der Waals surface area contributed by atoms with Crippen molar-refractivity contribution in [2.24, 2.45) is 0 Å². The molecule has 0 saturated heterocycles. The van der Waals surface area contributed by atoms with Crippen LogP contribution in [0.15, 0.2) is 35.1 Å². The van der Waals surface area contributed by atoms with E-state index in [0.29, 0.717) is 0 Å². The van der Waals surface area contributed by atoms with E-state index in [1.54, 1.807) is 6.07 Å². The summed E-state index contributed by atoms with van der Waals surface area (Å²) in [6.07, 6.45) is 0.879. The Balaban J connectivity index is 2.73. The molecule has 0 atom stereocenters. The number of nitrogens with one attached hydrogen (secondary N) is 1. The minimum atomic E-state index is -0.0281. The quantitative estimate of drug-likeness (QED) is 0.818. The molecule has 0 amide bonds. The molecule has 3 heteroatoms. The standard InChI is InChI=1S/C11H10BrNO/c12-6-5-8-7-11(14)13-10-4-2-1-3-9(8)10/h1-4,7H,5-6H2,(H,13,14). The Kier molecular flexibility index (Phi) is 2.68. The van der Waals surface area contributed by atoms with Crippen LogP contribution in [-0.2, 0) is 6.42 Å². The minimum absolute atomic E-state index is 0.0281. The summed E-state index contributed by atoms with van der Waals surface area (Å²) in [5.74, 6) is 0. The monoisotopic (exact) mass is 251 g/mol. The highest BCUT2D eigenvalue weighted by Gasteiger charge is 2.01. The van der Waals surface area contributed by atoms with Crippen molar-refractivity contribution in [3.63, 3.8) is 0 Å². The first-order valence-corrected chi connectivity index (χ1v) is 5.60. The molecule has 0 bridgehead atoms. The van der Waals surface area contributed by atoms with Gasteiger partial charge in [-0.05, 0) is 18.1 Å². The number of halogens is 1. The van der Waals surface area contributed by atoms with Crippen LogP contribution < -0.4 is 5.56 Å². The number of aromatic amines is 1. The molecule has 14 heavy (non-hydrogen) atoms. The van der Waals surface area contributed by atoms with Crippen molar-refractivity contribution in [3.05, 3.63) is 46.2 Å². The lowest BCUT2D eigenvalue weighted by Crippen LogP contribution is -2.06. The summed E-state index contributed by atoms with van der Waals surface area (Å²) in [6.45, 7) is 0. The first-order valence-electron chi connectivity index (χ1n) is 4.48. The number of pyridine rings is 1. The number of aromatic nitrogens is 1. The maximum absolute atomic E-state index is 11.3. The third-order valence-corrected chi connectivity index (χ3v) is 2.60. The van der Waals surface area contributed by atoms with Gasteiger partial charge in [0.05, 0.1) is 0 Å². The highest BCUT2D eigenvalue weighted by atomic mass is 79.9. The van der Waals surface area contributed by atoms with Crippen molar-refractivity contribution in [2.75, 3.05) is 5.33 Å². The summed E-state index contributed by atoms with van der Waals surface area (Å²) < 4.78 is 0. The molecular formula is C11H10BrNO. The van der Waals surface area contributed by atoms with E-state index in [4.69, 9.17) is 0 Å². The van der Waals surface area contributed by atoms with E-state index in [9.17, 15) is 4.79 Å². The van der Waals surface area contributed by atoms with Gasteiger partial charge in [-0.25, -0.2) is 0 Å². The Morgan fingerprint density at radius 2 is 2.07 bits per heavy atom. The number of benzene rings is 1. The number of aryl methyl sites for hydroxylation is 1. The van der Waals surface area contributed by atoms with Crippen molar-refractivity contribution in [1.29, 1.82) is 0 Å². The number of fused-ring (bicyclic) bond motifs is 1. The molecule has 0 spiro atoms. The molecule has 0 radical (unpaired) electrons. The second kappa shape index (κ2) is 3.96. The van der Waals surface area contributed by atoms with E-state index in [0.717, 1.165) is 28.2 Å². The lowest BCUT2D eigenvalue weighted by molar-refractivity contribution is 1.16. The summed E-state index contributed by atoms with van der Waals surface area (Å²) in [6, 6.07) is 9.54. The van der Waals surface area contributed by atoms with Crippen LogP contribution in [0.5, 0.6) is 0 Å². The van der Waals surface area contributed by atoms with Gasteiger partial charge in [0, 0.05) is 22.3 Å². The van der Waals surface area contributed by atoms with Crippen LogP contribution in [0.2, 0.25) is 0 Å². The molecule has 0 unspecified atom stereocenters. The number of hydrogen-bond donors (Lipinski definition) is 1. The van der Waals surface area contributed by atoms with Gasteiger partial charge in [0.15, 0.2) is 0 Å². The fraction of sp³-hybridized carbons (Fsp3) is 0.182. The van der Waals surface area contributed by atoms with E-state index < -0.39 is 0 Å². The lowest BCUT2D eigenvalue weighted by atomic mass is 10.1. The molecule has 2 nitrogen and oxygen atoms in total. The zero-order valence-corrected chi connectivity index (χ0v) is 9.17. The predicted molar refractivity (Wildman–Crippen MR) is 62.1 cm³/mol. The number of hydrogen-bond acceptors (Lipinski definition) is 1. The summed E-state index contributed by atoms with van der Waals surface area (Å²) >= 11 is 3.38. The smallest absolute Gasteiger partial charge is 0.248 e. The largest absolute Gasteiger partial charge is 0.322 e. The van der Waals surface area contributed by atoms with Crippen molar-refractivity contribution in [2.45, 2.75) is 6.42 Å². The molecule has 1 heterocycles. The molecule has 0 aliphatic carbocycles. The van der Waals surface area contributed by atoms with Crippen molar-refractivity contribution in [1.82, 2.24) is 4.98 Å². The zero-order valence-electron chi connectivity index (χ0n) is 7.59. The van der Waals surface area contributed by atoms with Gasteiger partial charge in [-0.2, -0.15) is 0 Å². The Labute approximate surface area is 90.1 Å².